The van der Waals surface area contributed by atoms with E-state index in [0.29, 0.717) is 6.61 Å². The van der Waals surface area contributed by atoms with Gasteiger partial charge in [-0.25, -0.2) is 9.97 Å². The van der Waals surface area contributed by atoms with E-state index >= 15 is 0 Å². The summed E-state index contributed by atoms with van der Waals surface area (Å²) in [6.45, 7) is 8.68. The van der Waals surface area contributed by atoms with Gasteiger partial charge in [0, 0.05) is 30.5 Å². The molecular formula is C13H23N3O. The van der Waals surface area contributed by atoms with Crippen molar-refractivity contribution in [1.82, 2.24) is 9.97 Å². The molecule has 0 aliphatic rings. The summed E-state index contributed by atoms with van der Waals surface area (Å²) in [5, 5.41) is 0. The van der Waals surface area contributed by atoms with E-state index in [9.17, 15) is 0 Å². The zero-order chi connectivity index (χ0) is 12.8. The van der Waals surface area contributed by atoms with E-state index in [-0.39, 0.29) is 12.1 Å². The highest BCUT2D eigenvalue weighted by Gasteiger charge is 2.11. The van der Waals surface area contributed by atoms with Crippen LogP contribution in [0.25, 0.3) is 0 Å². The van der Waals surface area contributed by atoms with Crippen molar-refractivity contribution in [1.29, 1.82) is 0 Å². The predicted molar refractivity (Wildman–Crippen MR) is 68.8 cm³/mol. The molecule has 0 saturated carbocycles. The van der Waals surface area contributed by atoms with Gasteiger partial charge >= 0.3 is 0 Å². The maximum absolute atomic E-state index is 5.95. The second-order valence-corrected chi connectivity index (χ2v) is 4.33. The van der Waals surface area contributed by atoms with Crippen LogP contribution in [0, 0.1) is 6.92 Å². The van der Waals surface area contributed by atoms with Crippen molar-refractivity contribution in [3.05, 3.63) is 23.3 Å². The Morgan fingerprint density at radius 2 is 2.06 bits per heavy atom. The van der Waals surface area contributed by atoms with Gasteiger partial charge in [0.15, 0.2) is 5.82 Å². The molecule has 17 heavy (non-hydrogen) atoms. The van der Waals surface area contributed by atoms with Gasteiger partial charge in [0.1, 0.15) is 6.10 Å². The number of aromatic nitrogens is 2. The van der Waals surface area contributed by atoms with Crippen molar-refractivity contribution in [2.24, 2.45) is 5.73 Å². The second-order valence-electron chi connectivity index (χ2n) is 4.33. The summed E-state index contributed by atoms with van der Waals surface area (Å²) in [7, 11) is 0. The van der Waals surface area contributed by atoms with Crippen molar-refractivity contribution < 1.29 is 4.74 Å². The fourth-order valence-electron chi connectivity index (χ4n) is 1.68. The molecule has 0 aliphatic heterocycles. The van der Waals surface area contributed by atoms with Crippen molar-refractivity contribution >= 4 is 0 Å². The standard InChI is InChI=1S/C13H23N3O/c1-5-11(14)8-12-7-9(3)15-13(16-12)10(4)17-6-2/h7,10-11H,5-6,8,14H2,1-4H3. The summed E-state index contributed by atoms with van der Waals surface area (Å²) in [4.78, 5) is 8.93. The molecule has 1 aromatic rings. The lowest BCUT2D eigenvalue weighted by Gasteiger charge is -2.14. The lowest BCUT2D eigenvalue weighted by Crippen LogP contribution is -2.22. The molecule has 1 aromatic heterocycles. The molecule has 2 atom stereocenters. The quantitative estimate of drug-likeness (QED) is 0.823. The predicted octanol–water partition coefficient (Wildman–Crippen LogP) is 2.16. The number of aryl methyl sites for hydroxylation is 1. The van der Waals surface area contributed by atoms with E-state index < -0.39 is 0 Å². The molecule has 0 radical (unpaired) electrons. The molecule has 4 heteroatoms. The van der Waals surface area contributed by atoms with Crippen LogP contribution < -0.4 is 5.73 Å². The molecule has 0 spiro atoms. The Bertz CT molecular complexity index is 355. The zero-order valence-electron chi connectivity index (χ0n) is 11.2. The number of hydrogen-bond donors (Lipinski definition) is 1. The Hall–Kier alpha value is -1.00. The van der Waals surface area contributed by atoms with Crippen LogP contribution in [-0.2, 0) is 11.2 Å². The molecule has 0 amide bonds. The first-order valence-corrected chi connectivity index (χ1v) is 6.28. The largest absolute Gasteiger partial charge is 0.371 e. The maximum Gasteiger partial charge on any atom is 0.157 e. The highest BCUT2D eigenvalue weighted by atomic mass is 16.5. The zero-order valence-corrected chi connectivity index (χ0v) is 11.2. The minimum absolute atomic E-state index is 0.0588. The summed E-state index contributed by atoms with van der Waals surface area (Å²) in [5.74, 6) is 0.755. The highest BCUT2D eigenvalue weighted by Crippen LogP contribution is 2.14. The van der Waals surface area contributed by atoms with Crippen LogP contribution in [0.15, 0.2) is 6.07 Å². The van der Waals surface area contributed by atoms with Gasteiger partial charge in [-0.2, -0.15) is 0 Å². The average molecular weight is 237 g/mol. The smallest absolute Gasteiger partial charge is 0.157 e. The van der Waals surface area contributed by atoms with E-state index in [1.807, 2.05) is 26.8 Å². The molecule has 0 aromatic carbocycles. The van der Waals surface area contributed by atoms with Gasteiger partial charge < -0.3 is 10.5 Å². The van der Waals surface area contributed by atoms with E-state index in [1.54, 1.807) is 0 Å². The SMILES string of the molecule is CCOC(C)c1nc(C)cc(CC(N)CC)n1. The van der Waals surface area contributed by atoms with Crippen LogP contribution in [0.2, 0.25) is 0 Å². The normalized spacial score (nSPS) is 14.6. The van der Waals surface area contributed by atoms with Crippen LogP contribution in [0.5, 0.6) is 0 Å². The lowest BCUT2D eigenvalue weighted by atomic mass is 10.1. The number of hydrogen-bond acceptors (Lipinski definition) is 4. The third-order valence-corrected chi connectivity index (χ3v) is 2.70. The van der Waals surface area contributed by atoms with Gasteiger partial charge in [-0.05, 0) is 33.3 Å². The molecule has 0 fully saturated rings. The molecule has 1 rings (SSSR count). The number of rotatable bonds is 6. The fraction of sp³-hybridized carbons (Fsp3) is 0.692. The Morgan fingerprint density at radius 1 is 1.35 bits per heavy atom. The number of nitrogens with two attached hydrogens (primary N) is 1. The van der Waals surface area contributed by atoms with Crippen LogP contribution in [-0.4, -0.2) is 22.6 Å². The summed E-state index contributed by atoms with van der Waals surface area (Å²) in [5.41, 5.74) is 7.93. The molecule has 96 valence electrons. The second kappa shape index (κ2) is 6.67. The van der Waals surface area contributed by atoms with E-state index in [1.165, 1.54) is 0 Å². The Labute approximate surface area is 104 Å². The van der Waals surface area contributed by atoms with Crippen LogP contribution in [0.3, 0.4) is 0 Å². The fourth-order valence-corrected chi connectivity index (χ4v) is 1.68. The highest BCUT2D eigenvalue weighted by molar-refractivity contribution is 5.12. The summed E-state index contributed by atoms with van der Waals surface area (Å²) in [6.07, 6.45) is 1.70. The summed E-state index contributed by atoms with van der Waals surface area (Å²) >= 11 is 0. The number of ether oxygens (including phenoxy) is 1. The third kappa shape index (κ3) is 4.40. The third-order valence-electron chi connectivity index (χ3n) is 2.70. The molecule has 4 nitrogen and oxygen atoms in total. The topological polar surface area (TPSA) is 61.0 Å². The van der Waals surface area contributed by atoms with E-state index in [4.69, 9.17) is 10.5 Å². The van der Waals surface area contributed by atoms with Crippen molar-refractivity contribution in [2.75, 3.05) is 6.61 Å². The van der Waals surface area contributed by atoms with Gasteiger partial charge in [-0.3, -0.25) is 0 Å². The molecular weight excluding hydrogens is 214 g/mol. The van der Waals surface area contributed by atoms with Gasteiger partial charge in [0.05, 0.1) is 0 Å². The minimum Gasteiger partial charge on any atom is -0.371 e. The van der Waals surface area contributed by atoms with Gasteiger partial charge in [-0.15, -0.1) is 0 Å². The Morgan fingerprint density at radius 3 is 2.65 bits per heavy atom. The van der Waals surface area contributed by atoms with Gasteiger partial charge in [0.25, 0.3) is 0 Å². The van der Waals surface area contributed by atoms with Gasteiger partial charge in [-0.1, -0.05) is 6.92 Å². The van der Waals surface area contributed by atoms with E-state index in [0.717, 1.165) is 30.1 Å². The molecule has 2 N–H and O–H groups in total. The Balaban J connectivity index is 2.86. The number of nitrogens with zero attached hydrogens (tertiary/aromatic N) is 2. The first kappa shape index (κ1) is 14.1. The monoisotopic (exact) mass is 237 g/mol. The molecule has 0 aliphatic carbocycles. The van der Waals surface area contributed by atoms with Crippen molar-refractivity contribution in [3.63, 3.8) is 0 Å². The van der Waals surface area contributed by atoms with Crippen LogP contribution in [0.1, 0.15) is 50.5 Å². The molecule has 1 heterocycles. The average Bonchev–Trinajstić information content (AvgIpc) is 2.28. The lowest BCUT2D eigenvalue weighted by molar-refractivity contribution is 0.0697. The van der Waals surface area contributed by atoms with Crippen molar-refractivity contribution in [2.45, 2.75) is 52.7 Å². The van der Waals surface area contributed by atoms with Crippen molar-refractivity contribution in [3.8, 4) is 0 Å². The first-order chi connectivity index (χ1) is 8.06. The molecule has 0 bridgehead atoms. The minimum atomic E-state index is -0.0588. The summed E-state index contributed by atoms with van der Waals surface area (Å²) in [6, 6.07) is 2.16. The summed E-state index contributed by atoms with van der Waals surface area (Å²) < 4.78 is 5.51. The maximum atomic E-state index is 5.95. The Kier molecular flexibility index (Phi) is 5.51. The first-order valence-electron chi connectivity index (χ1n) is 6.28. The van der Waals surface area contributed by atoms with E-state index in [2.05, 4.69) is 16.9 Å². The van der Waals surface area contributed by atoms with Gasteiger partial charge in [0.2, 0.25) is 0 Å². The van der Waals surface area contributed by atoms with Crippen LogP contribution in [0.4, 0.5) is 0 Å². The molecule has 2 unspecified atom stereocenters. The van der Waals surface area contributed by atoms with Crippen LogP contribution >= 0.6 is 0 Å². The molecule has 0 saturated heterocycles.